The van der Waals surface area contributed by atoms with Crippen LogP contribution in [0.4, 0.5) is 0 Å². The van der Waals surface area contributed by atoms with Crippen molar-refractivity contribution in [2.24, 2.45) is 5.92 Å². The molecule has 1 atom stereocenters. The number of benzene rings is 1. The topological polar surface area (TPSA) is 65.5 Å². The highest BCUT2D eigenvalue weighted by Crippen LogP contribution is 2.37. The largest absolute Gasteiger partial charge is 0.492 e. The number of nitrogens with zero attached hydrogens (tertiary/aromatic N) is 4. The lowest BCUT2D eigenvalue weighted by Gasteiger charge is -2.13. The molecule has 0 N–H and O–H groups in total. The van der Waals surface area contributed by atoms with Crippen LogP contribution < -0.4 is 4.74 Å². The molecular weight excluding hydrogens is 471 g/mol. The summed E-state index contributed by atoms with van der Waals surface area (Å²) in [6, 6.07) is 5.22. The molecule has 9 heteroatoms. The first-order valence-electron chi connectivity index (χ1n) is 10.1. The SMILES string of the molecule is C=C1CC[C@H](COc2cc(Cl)c(-c3noc(-c4cn5cc(C)cc(Cl)c5n4)n3)cc2Cl)C1. The summed E-state index contributed by atoms with van der Waals surface area (Å²) in [4.78, 5) is 8.96. The third-order valence-electron chi connectivity index (χ3n) is 5.51. The highest BCUT2D eigenvalue weighted by Gasteiger charge is 2.21. The van der Waals surface area contributed by atoms with Crippen molar-refractivity contribution in [1.29, 1.82) is 0 Å². The first kappa shape index (κ1) is 21.3. The van der Waals surface area contributed by atoms with E-state index in [9.17, 15) is 0 Å². The molecule has 0 amide bonds. The molecule has 1 aromatic carbocycles. The minimum atomic E-state index is 0.256. The number of hydrogen-bond donors (Lipinski definition) is 0. The van der Waals surface area contributed by atoms with Crippen LogP contribution in [0.5, 0.6) is 5.75 Å². The van der Waals surface area contributed by atoms with Crippen molar-refractivity contribution in [3.05, 3.63) is 63.4 Å². The van der Waals surface area contributed by atoms with E-state index in [2.05, 4.69) is 21.7 Å². The van der Waals surface area contributed by atoms with Crippen LogP contribution in [0.25, 0.3) is 28.6 Å². The van der Waals surface area contributed by atoms with Gasteiger partial charge in [0.05, 0.1) is 21.7 Å². The number of ether oxygens (including phenoxy) is 1. The number of allylic oxidation sites excluding steroid dienone is 1. The molecule has 0 bridgehead atoms. The van der Waals surface area contributed by atoms with E-state index in [1.54, 1.807) is 18.3 Å². The van der Waals surface area contributed by atoms with Gasteiger partial charge in [0.2, 0.25) is 5.82 Å². The average molecular weight is 490 g/mol. The fraction of sp³-hybridized carbons (Fsp3) is 0.261. The van der Waals surface area contributed by atoms with Crippen molar-refractivity contribution in [3.8, 4) is 28.7 Å². The van der Waals surface area contributed by atoms with Crippen LogP contribution in [0, 0.1) is 12.8 Å². The van der Waals surface area contributed by atoms with E-state index in [1.165, 1.54) is 5.57 Å². The number of fused-ring (bicyclic) bond motifs is 1. The van der Waals surface area contributed by atoms with Gasteiger partial charge in [-0.3, -0.25) is 0 Å². The van der Waals surface area contributed by atoms with E-state index in [1.807, 2.05) is 23.6 Å². The van der Waals surface area contributed by atoms with Gasteiger partial charge in [-0.05, 0) is 49.8 Å². The van der Waals surface area contributed by atoms with E-state index in [0.29, 0.717) is 56.1 Å². The molecule has 1 fully saturated rings. The van der Waals surface area contributed by atoms with E-state index in [0.717, 1.165) is 24.8 Å². The summed E-state index contributed by atoms with van der Waals surface area (Å²) in [7, 11) is 0. The van der Waals surface area contributed by atoms with E-state index >= 15 is 0 Å². The van der Waals surface area contributed by atoms with E-state index in [-0.39, 0.29) is 5.89 Å². The standard InChI is InChI=1S/C23H19Cl3N4O2/c1-12-3-4-14(5-12)11-31-20-8-16(24)15(7-17(20)25)21-28-23(32-29-21)19-10-30-9-13(2)6-18(26)22(30)27-19/h6-10,14H,1,3-5,11H2,2H3/t14-/m0/s1. The quantitative estimate of drug-likeness (QED) is 0.281. The first-order valence-corrected chi connectivity index (χ1v) is 11.3. The molecular formula is C23H19Cl3N4O2. The number of imidazole rings is 1. The van der Waals surface area contributed by atoms with Crippen LogP contribution in [0.3, 0.4) is 0 Å². The van der Waals surface area contributed by atoms with Crippen LogP contribution >= 0.6 is 34.8 Å². The monoisotopic (exact) mass is 488 g/mol. The van der Waals surface area contributed by atoms with Crippen molar-refractivity contribution < 1.29 is 9.26 Å². The zero-order valence-corrected chi connectivity index (χ0v) is 19.5. The summed E-state index contributed by atoms with van der Waals surface area (Å²) < 4.78 is 13.2. The molecule has 164 valence electrons. The molecule has 0 saturated heterocycles. The molecule has 5 rings (SSSR count). The van der Waals surface area contributed by atoms with Gasteiger partial charge in [-0.15, -0.1) is 0 Å². The fourth-order valence-corrected chi connectivity index (χ4v) is 4.68. The molecule has 0 radical (unpaired) electrons. The molecule has 0 unspecified atom stereocenters. The summed E-state index contributed by atoms with van der Waals surface area (Å²) >= 11 is 19.3. The molecule has 1 saturated carbocycles. The zero-order chi connectivity index (χ0) is 22.4. The van der Waals surface area contributed by atoms with Crippen LogP contribution in [-0.4, -0.2) is 26.1 Å². The Labute approximate surface area is 199 Å². The Morgan fingerprint density at radius 3 is 2.75 bits per heavy atom. The van der Waals surface area contributed by atoms with Gasteiger partial charge < -0.3 is 13.7 Å². The van der Waals surface area contributed by atoms with Crippen LogP contribution in [0.15, 0.2) is 47.3 Å². The highest BCUT2D eigenvalue weighted by atomic mass is 35.5. The lowest BCUT2D eigenvalue weighted by Crippen LogP contribution is -2.08. The fourth-order valence-electron chi connectivity index (χ4n) is 3.91. The summed E-state index contributed by atoms with van der Waals surface area (Å²) in [6.07, 6.45) is 6.84. The van der Waals surface area contributed by atoms with E-state index in [4.69, 9.17) is 44.1 Å². The van der Waals surface area contributed by atoms with Crippen molar-refractivity contribution in [2.75, 3.05) is 6.61 Å². The number of aromatic nitrogens is 4. The second-order valence-electron chi connectivity index (χ2n) is 8.08. The van der Waals surface area contributed by atoms with E-state index < -0.39 is 0 Å². The predicted molar refractivity (Wildman–Crippen MR) is 126 cm³/mol. The Bertz CT molecular complexity index is 1340. The summed E-state index contributed by atoms with van der Waals surface area (Å²) in [5.74, 6) is 1.56. The van der Waals surface area contributed by atoms with Gasteiger partial charge in [-0.2, -0.15) is 4.98 Å². The molecule has 1 aliphatic rings. The second kappa shape index (κ2) is 8.43. The minimum Gasteiger partial charge on any atom is -0.492 e. The summed E-state index contributed by atoms with van der Waals surface area (Å²) in [5.41, 5.74) is 3.95. The predicted octanol–water partition coefficient (Wildman–Crippen LogP) is 7.06. The van der Waals surface area contributed by atoms with Crippen LogP contribution in [0.1, 0.15) is 24.8 Å². The zero-order valence-electron chi connectivity index (χ0n) is 17.2. The van der Waals surface area contributed by atoms with Crippen molar-refractivity contribution in [3.63, 3.8) is 0 Å². The van der Waals surface area contributed by atoms with Crippen LogP contribution in [0.2, 0.25) is 15.1 Å². The number of hydrogen-bond acceptors (Lipinski definition) is 5. The number of aryl methyl sites for hydroxylation is 1. The molecule has 3 heterocycles. The number of halogens is 3. The Balaban J connectivity index is 1.39. The molecule has 3 aromatic heterocycles. The maximum Gasteiger partial charge on any atom is 0.278 e. The summed E-state index contributed by atoms with van der Waals surface area (Å²) in [5, 5.41) is 5.46. The maximum absolute atomic E-state index is 6.50. The lowest BCUT2D eigenvalue weighted by atomic mass is 10.1. The normalized spacial score (nSPS) is 16.2. The highest BCUT2D eigenvalue weighted by molar-refractivity contribution is 6.36. The second-order valence-corrected chi connectivity index (χ2v) is 9.30. The molecule has 32 heavy (non-hydrogen) atoms. The first-order chi connectivity index (χ1) is 15.4. The van der Waals surface area contributed by atoms with Gasteiger partial charge in [0.1, 0.15) is 11.4 Å². The lowest BCUT2D eigenvalue weighted by molar-refractivity contribution is 0.254. The van der Waals surface area contributed by atoms with Crippen molar-refractivity contribution in [2.45, 2.75) is 26.2 Å². The minimum absolute atomic E-state index is 0.256. The van der Waals surface area contributed by atoms with Gasteiger partial charge in [0, 0.05) is 24.0 Å². The van der Waals surface area contributed by atoms with Gasteiger partial charge in [0.15, 0.2) is 5.65 Å². The van der Waals surface area contributed by atoms with Crippen LogP contribution in [-0.2, 0) is 0 Å². The van der Waals surface area contributed by atoms with Gasteiger partial charge >= 0.3 is 0 Å². The molecule has 0 spiro atoms. The molecule has 0 aliphatic heterocycles. The molecule has 1 aliphatic carbocycles. The average Bonchev–Trinajstić information content (AvgIpc) is 3.47. The molecule has 4 aromatic rings. The maximum atomic E-state index is 6.50. The third kappa shape index (κ3) is 4.10. The Morgan fingerprint density at radius 1 is 1.12 bits per heavy atom. The Hall–Kier alpha value is -2.54. The van der Waals surface area contributed by atoms with Gasteiger partial charge in [-0.1, -0.05) is 52.1 Å². The van der Waals surface area contributed by atoms with Crippen molar-refractivity contribution in [1.82, 2.24) is 19.5 Å². The van der Waals surface area contributed by atoms with Gasteiger partial charge in [0.25, 0.3) is 5.89 Å². The smallest absolute Gasteiger partial charge is 0.278 e. The summed E-state index contributed by atoms with van der Waals surface area (Å²) in [6.45, 7) is 6.58. The van der Waals surface area contributed by atoms with Crippen molar-refractivity contribution >= 4 is 40.4 Å². The Kier molecular flexibility index (Phi) is 5.61. The van der Waals surface area contributed by atoms with Gasteiger partial charge in [-0.25, -0.2) is 4.98 Å². The number of rotatable bonds is 5. The Morgan fingerprint density at radius 2 is 1.97 bits per heavy atom. The molecule has 6 nitrogen and oxygen atoms in total. The third-order valence-corrected chi connectivity index (χ3v) is 6.39. The number of pyridine rings is 1.